The maximum Gasteiger partial charge on any atom is 0.171 e. The van der Waals surface area contributed by atoms with Gasteiger partial charge in [-0.15, -0.1) is 0 Å². The Kier molecular flexibility index (Phi) is 5.89. The van der Waals surface area contributed by atoms with Crippen molar-refractivity contribution in [2.24, 2.45) is 5.41 Å². The minimum atomic E-state index is 0.00364. The molecule has 0 saturated heterocycles. The van der Waals surface area contributed by atoms with E-state index in [4.69, 9.17) is 35.4 Å². The topological polar surface area (TPSA) is 41.9 Å². The minimum Gasteiger partial charge on any atom is -0.357 e. The van der Waals surface area contributed by atoms with Gasteiger partial charge in [0, 0.05) is 28.1 Å². The fourth-order valence-corrected chi connectivity index (χ4v) is 2.87. The van der Waals surface area contributed by atoms with Gasteiger partial charge >= 0.3 is 0 Å². The fraction of sp³-hybridized carbons (Fsp3) is 0.375. The first-order valence-electron chi connectivity index (χ1n) is 7.25. The van der Waals surface area contributed by atoms with Crippen LogP contribution in [0.5, 0.6) is 0 Å². The predicted octanol–water partition coefficient (Wildman–Crippen LogP) is 4.59. The number of aromatic nitrogens is 2. The molecule has 1 atom stereocenters. The SMILES string of the molecule is CC(C)(C)C(Cn1cccn1)NC(=S)Nc1cc(Cl)cc(Cl)c1. The van der Waals surface area contributed by atoms with Crippen molar-refractivity contribution < 1.29 is 0 Å². The number of hydrogen-bond acceptors (Lipinski definition) is 2. The molecule has 1 heterocycles. The molecule has 4 nitrogen and oxygen atoms in total. The maximum absolute atomic E-state index is 6.01. The van der Waals surface area contributed by atoms with Crippen LogP contribution in [0.4, 0.5) is 5.69 Å². The van der Waals surface area contributed by atoms with E-state index in [0.29, 0.717) is 21.7 Å². The third-order valence-corrected chi connectivity index (χ3v) is 4.06. The summed E-state index contributed by atoms with van der Waals surface area (Å²) in [5.41, 5.74) is 0.760. The zero-order chi connectivity index (χ0) is 17.0. The number of anilines is 1. The standard InChI is InChI=1S/C16H20Cl2N4S/c1-16(2,3)14(10-22-6-4-5-19-22)21-15(23)20-13-8-11(17)7-12(18)9-13/h4-9,14H,10H2,1-3H3,(H2,20,21,23). The Hall–Kier alpha value is -1.30. The number of benzene rings is 1. The zero-order valence-electron chi connectivity index (χ0n) is 13.3. The van der Waals surface area contributed by atoms with Gasteiger partial charge in [0.1, 0.15) is 0 Å². The minimum absolute atomic E-state index is 0.00364. The Labute approximate surface area is 152 Å². The third kappa shape index (κ3) is 5.68. The Morgan fingerprint density at radius 1 is 1.26 bits per heavy atom. The Bertz CT molecular complexity index is 645. The average molecular weight is 371 g/mol. The molecule has 23 heavy (non-hydrogen) atoms. The molecule has 2 rings (SSSR count). The number of thiocarbonyl (C=S) groups is 1. The summed E-state index contributed by atoms with van der Waals surface area (Å²) in [5.74, 6) is 0. The Morgan fingerprint density at radius 3 is 2.43 bits per heavy atom. The number of nitrogens with zero attached hydrogens (tertiary/aromatic N) is 2. The molecule has 0 aliphatic carbocycles. The molecule has 0 aliphatic rings. The monoisotopic (exact) mass is 370 g/mol. The molecule has 124 valence electrons. The van der Waals surface area contributed by atoms with E-state index in [2.05, 4.69) is 36.5 Å². The van der Waals surface area contributed by atoms with Crippen LogP contribution >= 0.6 is 35.4 Å². The highest BCUT2D eigenvalue weighted by Crippen LogP contribution is 2.23. The lowest BCUT2D eigenvalue weighted by Crippen LogP contribution is -2.48. The first-order chi connectivity index (χ1) is 10.7. The molecule has 0 saturated carbocycles. The molecular formula is C16H20Cl2N4S. The second-order valence-electron chi connectivity index (χ2n) is 6.40. The molecule has 7 heteroatoms. The Morgan fingerprint density at radius 2 is 1.91 bits per heavy atom. The van der Waals surface area contributed by atoms with Crippen LogP contribution in [0, 0.1) is 5.41 Å². The highest BCUT2D eigenvalue weighted by Gasteiger charge is 2.26. The quantitative estimate of drug-likeness (QED) is 0.772. The lowest BCUT2D eigenvalue weighted by Gasteiger charge is -2.32. The van der Waals surface area contributed by atoms with E-state index in [1.165, 1.54) is 0 Å². The van der Waals surface area contributed by atoms with Crippen molar-refractivity contribution >= 4 is 46.2 Å². The summed E-state index contributed by atoms with van der Waals surface area (Å²) in [7, 11) is 0. The first kappa shape index (κ1) is 18.0. The summed E-state index contributed by atoms with van der Waals surface area (Å²) in [4.78, 5) is 0. The molecule has 0 amide bonds. The lowest BCUT2D eigenvalue weighted by atomic mass is 9.87. The predicted molar refractivity (Wildman–Crippen MR) is 101 cm³/mol. The summed E-state index contributed by atoms with van der Waals surface area (Å²) in [5, 5.41) is 12.4. The summed E-state index contributed by atoms with van der Waals surface area (Å²) in [6, 6.07) is 7.25. The van der Waals surface area contributed by atoms with Gasteiger partial charge in [-0.2, -0.15) is 5.10 Å². The maximum atomic E-state index is 6.01. The van der Waals surface area contributed by atoms with Crippen LogP contribution in [0.25, 0.3) is 0 Å². The van der Waals surface area contributed by atoms with Gasteiger partial charge in [0.05, 0.1) is 12.6 Å². The van der Waals surface area contributed by atoms with Crippen molar-refractivity contribution in [3.63, 3.8) is 0 Å². The van der Waals surface area contributed by atoms with E-state index in [0.717, 1.165) is 5.69 Å². The van der Waals surface area contributed by atoms with Crippen molar-refractivity contribution in [2.45, 2.75) is 33.4 Å². The van der Waals surface area contributed by atoms with Gasteiger partial charge in [-0.05, 0) is 41.9 Å². The van der Waals surface area contributed by atoms with Crippen LogP contribution in [0.1, 0.15) is 20.8 Å². The zero-order valence-corrected chi connectivity index (χ0v) is 15.6. The van der Waals surface area contributed by atoms with Gasteiger partial charge in [0.25, 0.3) is 0 Å². The molecular weight excluding hydrogens is 351 g/mol. The molecule has 0 bridgehead atoms. The third-order valence-electron chi connectivity index (χ3n) is 3.40. The summed E-state index contributed by atoms with van der Waals surface area (Å²) in [6.45, 7) is 7.20. The van der Waals surface area contributed by atoms with Crippen LogP contribution < -0.4 is 10.6 Å². The number of rotatable bonds is 4. The molecule has 1 aromatic heterocycles. The van der Waals surface area contributed by atoms with Crippen molar-refractivity contribution in [1.29, 1.82) is 0 Å². The fourth-order valence-electron chi connectivity index (χ4n) is 2.08. The highest BCUT2D eigenvalue weighted by molar-refractivity contribution is 7.80. The molecule has 0 spiro atoms. The normalized spacial score (nSPS) is 12.7. The van der Waals surface area contributed by atoms with Crippen molar-refractivity contribution in [3.8, 4) is 0 Å². The van der Waals surface area contributed by atoms with Gasteiger partial charge < -0.3 is 10.6 Å². The van der Waals surface area contributed by atoms with Crippen LogP contribution in [-0.2, 0) is 6.54 Å². The lowest BCUT2D eigenvalue weighted by molar-refractivity contribution is 0.262. The van der Waals surface area contributed by atoms with E-state index >= 15 is 0 Å². The van der Waals surface area contributed by atoms with Crippen molar-refractivity contribution in [1.82, 2.24) is 15.1 Å². The highest BCUT2D eigenvalue weighted by atomic mass is 35.5. The van der Waals surface area contributed by atoms with Gasteiger partial charge in [0.15, 0.2) is 5.11 Å². The first-order valence-corrected chi connectivity index (χ1v) is 8.41. The molecule has 0 fully saturated rings. The molecule has 1 aromatic carbocycles. The van der Waals surface area contributed by atoms with Gasteiger partial charge in [-0.25, -0.2) is 0 Å². The van der Waals surface area contributed by atoms with Crippen LogP contribution in [0.15, 0.2) is 36.7 Å². The second-order valence-corrected chi connectivity index (χ2v) is 7.68. The molecule has 0 radical (unpaired) electrons. The summed E-state index contributed by atoms with van der Waals surface area (Å²) >= 11 is 17.4. The van der Waals surface area contributed by atoms with Crippen LogP contribution in [-0.4, -0.2) is 20.9 Å². The second kappa shape index (κ2) is 7.51. The van der Waals surface area contributed by atoms with E-state index < -0.39 is 0 Å². The molecule has 1 unspecified atom stereocenters. The molecule has 2 aromatic rings. The smallest absolute Gasteiger partial charge is 0.171 e. The average Bonchev–Trinajstić information content (AvgIpc) is 2.88. The number of nitrogens with one attached hydrogen (secondary N) is 2. The van der Waals surface area contributed by atoms with Crippen LogP contribution in [0.2, 0.25) is 10.0 Å². The van der Waals surface area contributed by atoms with Crippen molar-refractivity contribution in [3.05, 3.63) is 46.7 Å². The van der Waals surface area contributed by atoms with E-state index in [-0.39, 0.29) is 11.5 Å². The van der Waals surface area contributed by atoms with E-state index in [9.17, 15) is 0 Å². The summed E-state index contributed by atoms with van der Waals surface area (Å²) < 4.78 is 1.89. The van der Waals surface area contributed by atoms with E-state index in [1.54, 1.807) is 24.4 Å². The molecule has 2 N–H and O–H groups in total. The number of hydrogen-bond donors (Lipinski definition) is 2. The Balaban J connectivity index is 2.05. The van der Waals surface area contributed by atoms with Crippen molar-refractivity contribution in [2.75, 3.05) is 5.32 Å². The van der Waals surface area contributed by atoms with Gasteiger partial charge in [-0.3, -0.25) is 4.68 Å². The van der Waals surface area contributed by atoms with Gasteiger partial charge in [0.2, 0.25) is 0 Å². The number of halogens is 2. The van der Waals surface area contributed by atoms with Crippen LogP contribution in [0.3, 0.4) is 0 Å². The summed E-state index contributed by atoms with van der Waals surface area (Å²) in [6.07, 6.45) is 3.71. The van der Waals surface area contributed by atoms with Gasteiger partial charge in [-0.1, -0.05) is 44.0 Å². The molecule has 0 aliphatic heterocycles. The largest absolute Gasteiger partial charge is 0.357 e. The van der Waals surface area contributed by atoms with E-state index in [1.807, 2.05) is 16.9 Å².